The number of carbonyl (C=O) groups excluding carboxylic acids is 1. The molecule has 1 aromatic rings. The number of nitrogens with one attached hydrogen (secondary N) is 1. The van der Waals surface area contributed by atoms with Crippen molar-refractivity contribution >= 4 is 17.5 Å². The van der Waals surface area contributed by atoms with Gasteiger partial charge in [0.2, 0.25) is 5.91 Å². The Hall–Kier alpha value is -1.13. The summed E-state index contributed by atoms with van der Waals surface area (Å²) in [5.74, 6) is -1.05. The zero-order valence-corrected chi connectivity index (χ0v) is 10.8. The van der Waals surface area contributed by atoms with E-state index in [2.05, 4.69) is 5.32 Å². The van der Waals surface area contributed by atoms with Gasteiger partial charge in [-0.1, -0.05) is 17.7 Å². The summed E-state index contributed by atoms with van der Waals surface area (Å²) < 4.78 is 13.1. The minimum atomic E-state index is -1.06. The summed E-state index contributed by atoms with van der Waals surface area (Å²) in [6.45, 7) is 5.44. The number of hydrogen-bond acceptors (Lipinski definition) is 2. The standard InChI is InChI=1S/C12H16ClFN2O/c1-7(2)16-12(3,11(15)17)8-4-5-10(14)9(13)6-8/h4-7,16H,1-3H3,(H2,15,17). The molecule has 0 aliphatic rings. The molecule has 0 bridgehead atoms. The number of primary amides is 1. The summed E-state index contributed by atoms with van der Waals surface area (Å²) in [6, 6.07) is 4.19. The number of carbonyl (C=O) groups is 1. The highest BCUT2D eigenvalue weighted by Crippen LogP contribution is 2.25. The molecule has 3 N–H and O–H groups in total. The second kappa shape index (κ2) is 5.02. The highest BCUT2D eigenvalue weighted by Gasteiger charge is 2.33. The Bertz CT molecular complexity index is 437. The highest BCUT2D eigenvalue weighted by molar-refractivity contribution is 6.30. The fraction of sp³-hybridized carbons (Fsp3) is 0.417. The predicted octanol–water partition coefficient (Wildman–Crippen LogP) is 2.18. The van der Waals surface area contributed by atoms with Crippen molar-refractivity contribution in [1.29, 1.82) is 0 Å². The minimum Gasteiger partial charge on any atom is -0.368 e. The van der Waals surface area contributed by atoms with Gasteiger partial charge >= 0.3 is 0 Å². The molecule has 0 saturated carbocycles. The van der Waals surface area contributed by atoms with Crippen LogP contribution in [0.3, 0.4) is 0 Å². The van der Waals surface area contributed by atoms with Gasteiger partial charge in [0.1, 0.15) is 11.4 Å². The van der Waals surface area contributed by atoms with E-state index < -0.39 is 17.3 Å². The van der Waals surface area contributed by atoms with Crippen molar-refractivity contribution in [2.24, 2.45) is 5.73 Å². The zero-order chi connectivity index (χ0) is 13.2. The van der Waals surface area contributed by atoms with E-state index >= 15 is 0 Å². The topological polar surface area (TPSA) is 55.1 Å². The van der Waals surface area contributed by atoms with Crippen LogP contribution in [0.5, 0.6) is 0 Å². The van der Waals surface area contributed by atoms with Gasteiger partial charge in [0.15, 0.2) is 0 Å². The lowest BCUT2D eigenvalue weighted by atomic mass is 9.90. The van der Waals surface area contributed by atoms with Crippen LogP contribution in [-0.2, 0) is 10.3 Å². The van der Waals surface area contributed by atoms with E-state index in [4.69, 9.17) is 17.3 Å². The van der Waals surface area contributed by atoms with Crippen molar-refractivity contribution < 1.29 is 9.18 Å². The summed E-state index contributed by atoms with van der Waals surface area (Å²) in [4.78, 5) is 11.6. The number of benzene rings is 1. The molecule has 17 heavy (non-hydrogen) atoms. The van der Waals surface area contributed by atoms with E-state index in [-0.39, 0.29) is 11.1 Å². The summed E-state index contributed by atoms with van der Waals surface area (Å²) in [5.41, 5.74) is 4.88. The first kappa shape index (κ1) is 13.9. The smallest absolute Gasteiger partial charge is 0.242 e. The largest absolute Gasteiger partial charge is 0.368 e. The van der Waals surface area contributed by atoms with Gasteiger partial charge in [-0.05, 0) is 38.5 Å². The number of rotatable bonds is 4. The molecule has 0 spiro atoms. The number of halogens is 2. The molecule has 94 valence electrons. The molecule has 0 aliphatic carbocycles. The summed E-state index contributed by atoms with van der Waals surface area (Å²) in [5, 5.41) is 3.04. The Labute approximate surface area is 105 Å². The monoisotopic (exact) mass is 258 g/mol. The van der Waals surface area contributed by atoms with Crippen molar-refractivity contribution in [2.45, 2.75) is 32.4 Å². The molecule has 1 unspecified atom stereocenters. The van der Waals surface area contributed by atoms with Crippen molar-refractivity contribution in [2.75, 3.05) is 0 Å². The average Bonchev–Trinajstić information content (AvgIpc) is 2.20. The third-order valence-electron chi connectivity index (χ3n) is 2.57. The van der Waals surface area contributed by atoms with Gasteiger partial charge < -0.3 is 5.73 Å². The molecular weight excluding hydrogens is 243 g/mol. The summed E-state index contributed by atoms with van der Waals surface area (Å²) in [6.07, 6.45) is 0. The van der Waals surface area contributed by atoms with E-state index in [1.807, 2.05) is 13.8 Å². The Morgan fingerprint density at radius 3 is 2.53 bits per heavy atom. The second-order valence-corrected chi connectivity index (χ2v) is 4.82. The van der Waals surface area contributed by atoms with Crippen molar-refractivity contribution in [3.63, 3.8) is 0 Å². The fourth-order valence-corrected chi connectivity index (χ4v) is 1.86. The van der Waals surface area contributed by atoms with Gasteiger partial charge in [-0.25, -0.2) is 4.39 Å². The maximum Gasteiger partial charge on any atom is 0.242 e. The van der Waals surface area contributed by atoms with Crippen molar-refractivity contribution in [3.05, 3.63) is 34.6 Å². The number of hydrogen-bond donors (Lipinski definition) is 2. The molecule has 3 nitrogen and oxygen atoms in total. The van der Waals surface area contributed by atoms with Crippen LogP contribution in [0.2, 0.25) is 5.02 Å². The second-order valence-electron chi connectivity index (χ2n) is 4.42. The first-order chi connectivity index (χ1) is 7.77. The summed E-state index contributed by atoms with van der Waals surface area (Å²) >= 11 is 5.71. The number of nitrogens with two attached hydrogens (primary N) is 1. The van der Waals surface area contributed by atoms with Crippen LogP contribution < -0.4 is 11.1 Å². The van der Waals surface area contributed by atoms with Crippen LogP contribution in [0, 0.1) is 5.82 Å². The van der Waals surface area contributed by atoms with Crippen LogP contribution in [0.1, 0.15) is 26.3 Å². The van der Waals surface area contributed by atoms with Crippen LogP contribution in [-0.4, -0.2) is 11.9 Å². The molecule has 1 rings (SSSR count). The quantitative estimate of drug-likeness (QED) is 0.870. The van der Waals surface area contributed by atoms with Crippen LogP contribution in [0.4, 0.5) is 4.39 Å². The molecule has 0 heterocycles. The third kappa shape index (κ3) is 2.96. The third-order valence-corrected chi connectivity index (χ3v) is 2.86. The maximum absolute atomic E-state index is 13.1. The van der Waals surface area contributed by atoms with E-state index in [0.717, 1.165) is 0 Å². The zero-order valence-electron chi connectivity index (χ0n) is 10.1. The molecule has 0 aliphatic heterocycles. The molecule has 0 saturated heterocycles. The van der Waals surface area contributed by atoms with Gasteiger partial charge in [0, 0.05) is 6.04 Å². The minimum absolute atomic E-state index is 0.0273. The molecule has 1 amide bonds. The lowest BCUT2D eigenvalue weighted by molar-refractivity contribution is -0.124. The van der Waals surface area contributed by atoms with Crippen molar-refractivity contribution in [3.8, 4) is 0 Å². The Balaban J connectivity index is 3.22. The van der Waals surface area contributed by atoms with Gasteiger partial charge in [-0.3, -0.25) is 10.1 Å². The van der Waals surface area contributed by atoms with E-state index in [9.17, 15) is 9.18 Å². The first-order valence-electron chi connectivity index (χ1n) is 5.30. The van der Waals surface area contributed by atoms with Crippen LogP contribution in [0.25, 0.3) is 0 Å². The van der Waals surface area contributed by atoms with Gasteiger partial charge in [0.25, 0.3) is 0 Å². The molecule has 1 aromatic carbocycles. The van der Waals surface area contributed by atoms with Gasteiger partial charge in [-0.2, -0.15) is 0 Å². The molecule has 0 radical (unpaired) electrons. The normalized spacial score (nSPS) is 14.7. The lowest BCUT2D eigenvalue weighted by Crippen LogP contribution is -2.52. The van der Waals surface area contributed by atoms with E-state index in [1.54, 1.807) is 6.92 Å². The predicted molar refractivity (Wildman–Crippen MR) is 66.2 cm³/mol. The molecule has 0 fully saturated rings. The Morgan fingerprint density at radius 2 is 2.12 bits per heavy atom. The Kier molecular flexibility index (Phi) is 4.11. The first-order valence-corrected chi connectivity index (χ1v) is 5.68. The van der Waals surface area contributed by atoms with E-state index in [1.165, 1.54) is 18.2 Å². The molecule has 1 atom stereocenters. The SMILES string of the molecule is CC(C)NC(C)(C(N)=O)c1ccc(F)c(Cl)c1. The van der Waals surface area contributed by atoms with E-state index in [0.29, 0.717) is 5.56 Å². The van der Waals surface area contributed by atoms with Gasteiger partial charge in [0.05, 0.1) is 5.02 Å². The van der Waals surface area contributed by atoms with Gasteiger partial charge in [-0.15, -0.1) is 0 Å². The highest BCUT2D eigenvalue weighted by atomic mass is 35.5. The fourth-order valence-electron chi connectivity index (χ4n) is 1.68. The van der Waals surface area contributed by atoms with Crippen molar-refractivity contribution in [1.82, 2.24) is 5.32 Å². The van der Waals surface area contributed by atoms with Crippen LogP contribution >= 0.6 is 11.6 Å². The van der Waals surface area contributed by atoms with Crippen LogP contribution in [0.15, 0.2) is 18.2 Å². The summed E-state index contributed by atoms with van der Waals surface area (Å²) in [7, 11) is 0. The Morgan fingerprint density at radius 1 is 1.53 bits per heavy atom. The molecule has 0 aromatic heterocycles. The molecular formula is C12H16ClFN2O. The number of amides is 1. The lowest BCUT2D eigenvalue weighted by Gasteiger charge is -2.30. The molecule has 5 heteroatoms. The maximum atomic E-state index is 13.1. The average molecular weight is 259 g/mol.